The van der Waals surface area contributed by atoms with E-state index in [9.17, 15) is 4.79 Å². The zero-order valence-corrected chi connectivity index (χ0v) is 9.58. The third kappa shape index (κ3) is 1.91. The largest absolute Gasteiger partial charge is 0.339 e. The van der Waals surface area contributed by atoms with Gasteiger partial charge in [0.1, 0.15) is 6.04 Å². The quantitative estimate of drug-likeness (QED) is 0.641. The van der Waals surface area contributed by atoms with Gasteiger partial charge in [0.15, 0.2) is 0 Å². The molecular weight excluding hydrogens is 178 g/mol. The number of carbonyl (C=O) groups excluding carboxylic acids is 1. The van der Waals surface area contributed by atoms with E-state index in [1.54, 1.807) is 0 Å². The third-order valence-corrected chi connectivity index (χ3v) is 3.36. The Kier molecular flexibility index (Phi) is 3.17. The molecule has 0 bridgehead atoms. The van der Waals surface area contributed by atoms with E-state index in [1.165, 1.54) is 0 Å². The topological polar surface area (TPSA) is 49.6 Å². The van der Waals surface area contributed by atoms with Gasteiger partial charge in [-0.3, -0.25) is 9.69 Å². The van der Waals surface area contributed by atoms with Crippen LogP contribution in [0.25, 0.3) is 0 Å². The molecule has 0 spiro atoms. The van der Waals surface area contributed by atoms with Gasteiger partial charge in [0, 0.05) is 25.7 Å². The number of hydrogen-bond acceptors (Lipinski definition) is 3. The molecule has 1 aliphatic rings. The van der Waals surface area contributed by atoms with Crippen molar-refractivity contribution in [3.63, 3.8) is 0 Å². The minimum atomic E-state index is -0.151. The molecule has 0 aromatic rings. The second-order valence-electron chi connectivity index (χ2n) is 4.69. The van der Waals surface area contributed by atoms with Crippen molar-refractivity contribution >= 4 is 5.91 Å². The molecule has 0 aromatic heterocycles. The van der Waals surface area contributed by atoms with Crippen molar-refractivity contribution in [2.75, 3.05) is 27.2 Å². The molecule has 0 radical (unpaired) electrons. The fraction of sp³-hybridized carbons (Fsp3) is 0.900. The minimum Gasteiger partial charge on any atom is -0.339 e. The molecule has 0 aliphatic carbocycles. The van der Waals surface area contributed by atoms with Gasteiger partial charge in [0.25, 0.3) is 0 Å². The molecule has 82 valence electrons. The molecule has 4 heteroatoms. The summed E-state index contributed by atoms with van der Waals surface area (Å²) in [4.78, 5) is 15.9. The van der Waals surface area contributed by atoms with Gasteiger partial charge in [-0.2, -0.15) is 0 Å². The molecule has 0 aromatic carbocycles. The number of amides is 1. The summed E-state index contributed by atoms with van der Waals surface area (Å²) >= 11 is 0. The first-order chi connectivity index (χ1) is 6.40. The van der Waals surface area contributed by atoms with Crippen LogP contribution in [0.15, 0.2) is 0 Å². The van der Waals surface area contributed by atoms with E-state index in [1.807, 2.05) is 23.9 Å². The van der Waals surface area contributed by atoms with Crippen molar-refractivity contribution in [1.82, 2.24) is 9.80 Å². The Morgan fingerprint density at radius 3 is 2.57 bits per heavy atom. The van der Waals surface area contributed by atoms with Crippen molar-refractivity contribution in [3.8, 4) is 0 Å². The molecule has 14 heavy (non-hydrogen) atoms. The van der Waals surface area contributed by atoms with Crippen molar-refractivity contribution in [1.29, 1.82) is 0 Å². The monoisotopic (exact) mass is 199 g/mol. The van der Waals surface area contributed by atoms with Crippen LogP contribution in [-0.2, 0) is 4.79 Å². The Bertz CT molecular complexity index is 223. The molecule has 1 saturated heterocycles. The molecule has 1 aliphatic heterocycles. The Balaban J connectivity index is 2.91. The van der Waals surface area contributed by atoms with Gasteiger partial charge in [0.05, 0.1) is 0 Å². The molecule has 0 saturated carbocycles. The predicted molar refractivity (Wildman–Crippen MR) is 56.9 cm³/mol. The van der Waals surface area contributed by atoms with Gasteiger partial charge in [-0.15, -0.1) is 0 Å². The van der Waals surface area contributed by atoms with Crippen LogP contribution in [0.2, 0.25) is 0 Å². The second kappa shape index (κ2) is 3.87. The number of carbonyl (C=O) groups is 1. The lowest BCUT2D eigenvalue weighted by atomic mass is 9.99. The van der Waals surface area contributed by atoms with Crippen molar-refractivity contribution in [2.24, 2.45) is 5.73 Å². The summed E-state index contributed by atoms with van der Waals surface area (Å²) in [7, 11) is 3.83. The van der Waals surface area contributed by atoms with Crippen molar-refractivity contribution < 1.29 is 4.79 Å². The van der Waals surface area contributed by atoms with Crippen molar-refractivity contribution in [3.05, 3.63) is 0 Å². The van der Waals surface area contributed by atoms with Crippen LogP contribution in [0.1, 0.15) is 20.3 Å². The average molecular weight is 199 g/mol. The third-order valence-electron chi connectivity index (χ3n) is 3.36. The highest BCUT2D eigenvalue weighted by Crippen LogP contribution is 2.22. The lowest BCUT2D eigenvalue weighted by molar-refractivity contribution is -0.137. The van der Waals surface area contributed by atoms with Crippen LogP contribution in [0.3, 0.4) is 0 Å². The van der Waals surface area contributed by atoms with Gasteiger partial charge >= 0.3 is 0 Å². The number of likely N-dealkylation sites (N-methyl/N-ethyl adjacent to an activating group) is 2. The van der Waals surface area contributed by atoms with E-state index in [0.29, 0.717) is 6.54 Å². The highest BCUT2D eigenvalue weighted by molar-refractivity contribution is 5.82. The number of rotatable bonds is 1. The SMILES string of the molecule is CN1CCC(C)(C)N(C)C(=O)C1CN. The lowest BCUT2D eigenvalue weighted by Gasteiger charge is -2.34. The van der Waals surface area contributed by atoms with Crippen LogP contribution < -0.4 is 5.73 Å². The summed E-state index contributed by atoms with van der Waals surface area (Å²) < 4.78 is 0. The maximum Gasteiger partial charge on any atom is 0.241 e. The van der Waals surface area contributed by atoms with Crippen LogP contribution >= 0.6 is 0 Å². The Morgan fingerprint density at radius 1 is 1.50 bits per heavy atom. The van der Waals surface area contributed by atoms with E-state index in [2.05, 4.69) is 13.8 Å². The average Bonchev–Trinajstić information content (AvgIpc) is 2.19. The summed E-state index contributed by atoms with van der Waals surface area (Å²) in [5, 5.41) is 0. The van der Waals surface area contributed by atoms with Gasteiger partial charge in [0.2, 0.25) is 5.91 Å². The summed E-state index contributed by atoms with van der Waals surface area (Å²) in [6.45, 7) is 5.51. The smallest absolute Gasteiger partial charge is 0.241 e. The van der Waals surface area contributed by atoms with E-state index in [-0.39, 0.29) is 17.5 Å². The van der Waals surface area contributed by atoms with E-state index in [0.717, 1.165) is 13.0 Å². The molecular formula is C10H21N3O. The molecule has 1 unspecified atom stereocenters. The Morgan fingerprint density at radius 2 is 2.07 bits per heavy atom. The Labute approximate surface area is 86.0 Å². The summed E-state index contributed by atoms with van der Waals surface area (Å²) in [6, 6.07) is -0.151. The normalized spacial score (nSPS) is 29.1. The molecule has 1 rings (SSSR count). The van der Waals surface area contributed by atoms with Crippen LogP contribution in [-0.4, -0.2) is 54.5 Å². The van der Waals surface area contributed by atoms with Gasteiger partial charge in [-0.05, 0) is 27.3 Å². The molecule has 1 atom stereocenters. The van der Waals surface area contributed by atoms with Crippen LogP contribution in [0, 0.1) is 0 Å². The molecule has 1 heterocycles. The van der Waals surface area contributed by atoms with Crippen molar-refractivity contribution in [2.45, 2.75) is 31.8 Å². The second-order valence-corrected chi connectivity index (χ2v) is 4.69. The molecule has 2 N–H and O–H groups in total. The summed E-state index contributed by atoms with van der Waals surface area (Å²) in [5.74, 6) is 0.137. The summed E-state index contributed by atoms with van der Waals surface area (Å²) in [6.07, 6.45) is 0.988. The first-order valence-corrected chi connectivity index (χ1v) is 5.08. The molecule has 1 fully saturated rings. The van der Waals surface area contributed by atoms with Gasteiger partial charge < -0.3 is 10.6 Å². The molecule has 1 amide bonds. The fourth-order valence-electron chi connectivity index (χ4n) is 1.76. The number of hydrogen-bond donors (Lipinski definition) is 1. The zero-order chi connectivity index (χ0) is 10.9. The number of nitrogens with zero attached hydrogens (tertiary/aromatic N) is 2. The Hall–Kier alpha value is -0.610. The van der Waals surface area contributed by atoms with Crippen LogP contribution in [0.5, 0.6) is 0 Å². The van der Waals surface area contributed by atoms with Crippen LogP contribution in [0.4, 0.5) is 0 Å². The molecule has 4 nitrogen and oxygen atoms in total. The standard InChI is InChI=1S/C10H21N3O/c1-10(2)5-6-12(3)8(7-11)9(14)13(10)4/h8H,5-7,11H2,1-4H3. The zero-order valence-electron chi connectivity index (χ0n) is 9.58. The first kappa shape index (κ1) is 11.5. The van der Waals surface area contributed by atoms with E-state index < -0.39 is 0 Å². The van der Waals surface area contributed by atoms with Gasteiger partial charge in [-0.25, -0.2) is 0 Å². The maximum atomic E-state index is 12.0. The number of nitrogens with two attached hydrogens (primary N) is 1. The highest BCUT2D eigenvalue weighted by atomic mass is 16.2. The lowest BCUT2D eigenvalue weighted by Crippen LogP contribution is -2.51. The maximum absolute atomic E-state index is 12.0. The van der Waals surface area contributed by atoms with E-state index in [4.69, 9.17) is 5.73 Å². The summed E-state index contributed by atoms with van der Waals surface area (Å²) in [5.41, 5.74) is 5.55. The minimum absolute atomic E-state index is 0.0603. The van der Waals surface area contributed by atoms with Gasteiger partial charge in [-0.1, -0.05) is 0 Å². The highest BCUT2D eigenvalue weighted by Gasteiger charge is 2.36. The first-order valence-electron chi connectivity index (χ1n) is 5.08. The fourth-order valence-corrected chi connectivity index (χ4v) is 1.76. The van der Waals surface area contributed by atoms with E-state index >= 15 is 0 Å². The predicted octanol–water partition coefficient (Wildman–Crippen LogP) is -0.114.